The fourth-order valence-electron chi connectivity index (χ4n) is 1.53. The Labute approximate surface area is 77.2 Å². The highest BCUT2D eigenvalue weighted by Gasteiger charge is 2.21. The van der Waals surface area contributed by atoms with Crippen molar-refractivity contribution in [3.63, 3.8) is 0 Å². The molecule has 0 saturated heterocycles. The molecule has 70 valence electrons. The zero-order valence-corrected chi connectivity index (χ0v) is 8.44. The molecule has 0 atom stereocenters. The second kappa shape index (κ2) is 2.34. The van der Waals surface area contributed by atoms with E-state index in [1.54, 1.807) is 10.8 Å². The number of rotatable bonds is 0. The zero-order chi connectivity index (χ0) is 9.64. The Kier molecular flexibility index (Phi) is 1.49. The molecular weight excluding hydrogens is 164 g/mol. The zero-order valence-electron chi connectivity index (χ0n) is 8.44. The van der Waals surface area contributed by atoms with E-state index in [4.69, 9.17) is 0 Å². The minimum atomic E-state index is 0.0649. The van der Waals surface area contributed by atoms with Crippen LogP contribution in [0.4, 0.5) is 0 Å². The molecule has 0 unspecified atom stereocenters. The first-order valence-electron chi connectivity index (χ1n) is 4.37. The highest BCUT2D eigenvalue weighted by Crippen LogP contribution is 2.20. The Morgan fingerprint density at radius 1 is 1.31 bits per heavy atom. The topological polar surface area (TPSA) is 35.1 Å². The van der Waals surface area contributed by atoms with Crippen LogP contribution < -0.4 is 0 Å². The van der Waals surface area contributed by atoms with Crippen molar-refractivity contribution >= 4 is 5.65 Å². The van der Waals surface area contributed by atoms with Gasteiger partial charge in [0.15, 0.2) is 5.65 Å². The lowest BCUT2D eigenvalue weighted by molar-refractivity contribution is 0.517. The lowest BCUT2D eigenvalue weighted by atomic mass is 9.96. The van der Waals surface area contributed by atoms with Crippen LogP contribution in [0.15, 0.2) is 12.3 Å². The minimum absolute atomic E-state index is 0.0649. The van der Waals surface area contributed by atoms with Crippen LogP contribution in [-0.4, -0.2) is 19.4 Å². The van der Waals surface area contributed by atoms with Crippen molar-refractivity contribution in [1.82, 2.24) is 19.4 Å². The van der Waals surface area contributed by atoms with Crippen LogP contribution in [0.5, 0.6) is 0 Å². The van der Waals surface area contributed by atoms with Crippen LogP contribution in [0.2, 0.25) is 0 Å². The van der Waals surface area contributed by atoms with Crippen LogP contribution in [0, 0.1) is 0 Å². The average Bonchev–Trinajstić information content (AvgIpc) is 2.51. The number of hydrogen-bond donors (Lipinski definition) is 0. The summed E-state index contributed by atoms with van der Waals surface area (Å²) >= 11 is 0. The fraction of sp³-hybridized carbons (Fsp3) is 0.556. The van der Waals surface area contributed by atoms with E-state index in [0.717, 1.165) is 11.5 Å². The molecule has 0 bridgehead atoms. The molecule has 0 fully saturated rings. The fourth-order valence-corrected chi connectivity index (χ4v) is 1.53. The lowest BCUT2D eigenvalue weighted by Gasteiger charge is -2.16. The Morgan fingerprint density at radius 2 is 2.00 bits per heavy atom. The molecule has 0 aliphatic rings. The summed E-state index contributed by atoms with van der Waals surface area (Å²) in [5.41, 5.74) is 1.10. The van der Waals surface area contributed by atoms with Gasteiger partial charge in [0.1, 0.15) is 5.82 Å². The number of nitrogens with zero attached hydrogens (tertiary/aromatic N) is 4. The normalized spacial score (nSPS) is 12.6. The number of aryl methyl sites for hydroxylation is 1. The minimum Gasteiger partial charge on any atom is -0.314 e. The van der Waals surface area contributed by atoms with Gasteiger partial charge in [-0.3, -0.25) is 0 Å². The van der Waals surface area contributed by atoms with Crippen molar-refractivity contribution in [3.05, 3.63) is 18.1 Å². The molecule has 2 aromatic heterocycles. The summed E-state index contributed by atoms with van der Waals surface area (Å²) in [5.74, 6) is 1.05. The molecule has 0 amide bonds. The van der Waals surface area contributed by atoms with Gasteiger partial charge < -0.3 is 4.57 Å². The van der Waals surface area contributed by atoms with E-state index in [2.05, 4.69) is 35.5 Å². The number of fused-ring (bicyclic) bond motifs is 1. The smallest absolute Gasteiger partial charge is 0.157 e. The number of aromatic nitrogens is 4. The maximum atomic E-state index is 4.41. The van der Waals surface area contributed by atoms with Crippen molar-refractivity contribution in [2.45, 2.75) is 26.2 Å². The van der Waals surface area contributed by atoms with Gasteiger partial charge in [-0.15, -0.1) is 9.73 Å². The van der Waals surface area contributed by atoms with E-state index in [0.29, 0.717) is 0 Å². The summed E-state index contributed by atoms with van der Waals surface area (Å²) in [5, 5.41) is 8.51. The summed E-state index contributed by atoms with van der Waals surface area (Å²) in [6, 6.07) is 1.96. The Morgan fingerprint density at radius 3 is 2.54 bits per heavy atom. The molecule has 0 aliphatic heterocycles. The lowest BCUT2D eigenvalue weighted by Crippen LogP contribution is -2.17. The van der Waals surface area contributed by atoms with Crippen molar-refractivity contribution in [2.24, 2.45) is 7.05 Å². The molecule has 0 aliphatic carbocycles. The molecule has 0 spiro atoms. The quantitative estimate of drug-likeness (QED) is 0.610. The maximum Gasteiger partial charge on any atom is 0.157 e. The van der Waals surface area contributed by atoms with Gasteiger partial charge in [0.05, 0.1) is 6.20 Å². The van der Waals surface area contributed by atoms with E-state index >= 15 is 0 Å². The third-order valence-electron chi connectivity index (χ3n) is 2.13. The van der Waals surface area contributed by atoms with Gasteiger partial charge in [0.25, 0.3) is 0 Å². The van der Waals surface area contributed by atoms with Crippen LogP contribution >= 0.6 is 0 Å². The monoisotopic (exact) mass is 178 g/mol. The molecule has 4 heteroatoms. The first-order valence-corrected chi connectivity index (χ1v) is 4.37. The second-order valence-electron chi connectivity index (χ2n) is 4.31. The molecule has 0 saturated carbocycles. The largest absolute Gasteiger partial charge is 0.314 e. The van der Waals surface area contributed by atoms with Crippen molar-refractivity contribution in [3.8, 4) is 0 Å². The van der Waals surface area contributed by atoms with Gasteiger partial charge in [-0.2, -0.15) is 5.10 Å². The van der Waals surface area contributed by atoms with Crippen molar-refractivity contribution < 1.29 is 0 Å². The summed E-state index contributed by atoms with van der Waals surface area (Å²) in [4.78, 5) is 0. The molecular formula is C9H14N4. The van der Waals surface area contributed by atoms with Crippen LogP contribution in [0.3, 0.4) is 0 Å². The molecule has 4 nitrogen and oxygen atoms in total. The van der Waals surface area contributed by atoms with Gasteiger partial charge in [0.2, 0.25) is 0 Å². The Balaban J connectivity index is 2.71. The van der Waals surface area contributed by atoms with E-state index in [9.17, 15) is 0 Å². The summed E-state index contributed by atoms with van der Waals surface area (Å²) in [6.45, 7) is 6.44. The maximum absolute atomic E-state index is 4.41. The Hall–Kier alpha value is -1.32. The van der Waals surface area contributed by atoms with Gasteiger partial charge in [-0.1, -0.05) is 20.8 Å². The molecule has 13 heavy (non-hydrogen) atoms. The first-order chi connectivity index (χ1) is 6.00. The first kappa shape index (κ1) is 8.29. The van der Waals surface area contributed by atoms with Crippen molar-refractivity contribution in [2.75, 3.05) is 0 Å². The highest BCUT2D eigenvalue weighted by molar-refractivity contribution is 5.37. The van der Waals surface area contributed by atoms with Gasteiger partial charge >= 0.3 is 0 Å². The highest BCUT2D eigenvalue weighted by atomic mass is 15.5. The predicted molar refractivity (Wildman–Crippen MR) is 50.7 cm³/mol. The Bertz CT molecular complexity index is 430. The third kappa shape index (κ3) is 1.13. The molecule has 0 N–H and O–H groups in total. The molecule has 0 radical (unpaired) electrons. The average molecular weight is 178 g/mol. The van der Waals surface area contributed by atoms with E-state index < -0.39 is 0 Å². The van der Waals surface area contributed by atoms with Gasteiger partial charge in [-0.05, 0) is 0 Å². The summed E-state index contributed by atoms with van der Waals surface area (Å²) < 4.78 is 3.74. The predicted octanol–water partition coefficient (Wildman–Crippen LogP) is 1.37. The van der Waals surface area contributed by atoms with Crippen LogP contribution in [-0.2, 0) is 12.5 Å². The summed E-state index contributed by atoms with van der Waals surface area (Å²) in [6.07, 6.45) is 1.76. The van der Waals surface area contributed by atoms with E-state index in [1.807, 2.05) is 13.1 Å². The third-order valence-corrected chi connectivity index (χ3v) is 2.13. The second-order valence-corrected chi connectivity index (χ2v) is 4.31. The molecule has 2 rings (SSSR count). The molecule has 2 heterocycles. The van der Waals surface area contributed by atoms with Crippen LogP contribution in [0.25, 0.3) is 5.65 Å². The molecule has 0 aromatic carbocycles. The van der Waals surface area contributed by atoms with Crippen LogP contribution in [0.1, 0.15) is 26.6 Å². The van der Waals surface area contributed by atoms with Gasteiger partial charge in [-0.25, -0.2) is 0 Å². The van der Waals surface area contributed by atoms with Crippen molar-refractivity contribution in [1.29, 1.82) is 0 Å². The standard InChI is InChI=1S/C9H14N4/c1-9(2,3)8-11-13-7(12(8)4)5-6-10-13/h5-6H,1-4H3. The van der Waals surface area contributed by atoms with E-state index in [1.165, 1.54) is 0 Å². The van der Waals surface area contributed by atoms with Gasteiger partial charge in [0, 0.05) is 18.5 Å². The SMILES string of the molecule is Cn1c(C(C)(C)C)nn2nccc12. The molecule has 2 aromatic rings. The number of hydrogen-bond acceptors (Lipinski definition) is 2. The summed E-state index contributed by atoms with van der Waals surface area (Å²) in [7, 11) is 2.02. The van der Waals surface area contributed by atoms with E-state index in [-0.39, 0.29) is 5.41 Å².